The van der Waals surface area contributed by atoms with Crippen molar-refractivity contribution in [3.8, 4) is 0 Å². The summed E-state index contributed by atoms with van der Waals surface area (Å²) < 4.78 is 23.2. The van der Waals surface area contributed by atoms with Crippen LogP contribution in [0.15, 0.2) is 24.3 Å². The van der Waals surface area contributed by atoms with Crippen molar-refractivity contribution in [3.05, 3.63) is 29.8 Å². The van der Waals surface area contributed by atoms with Gasteiger partial charge in [-0.05, 0) is 18.1 Å². The van der Waals surface area contributed by atoms with Crippen LogP contribution in [0.4, 0.5) is 5.69 Å². The molecule has 1 saturated heterocycles. The predicted molar refractivity (Wildman–Crippen MR) is 82.3 cm³/mol. The molecule has 0 aliphatic carbocycles. The Morgan fingerprint density at radius 3 is 2.73 bits per heavy atom. The van der Waals surface area contributed by atoms with Crippen molar-refractivity contribution < 1.29 is 18.0 Å². The molecule has 1 fully saturated rings. The number of nitrogens with zero attached hydrogens (tertiary/aromatic N) is 1. The Morgan fingerprint density at radius 1 is 1.32 bits per heavy atom. The maximum atomic E-state index is 12.8. The molecule has 0 unspecified atom stereocenters. The minimum Gasteiger partial charge on any atom is -0.341 e. The van der Waals surface area contributed by atoms with Crippen LogP contribution < -0.4 is 5.32 Å². The van der Waals surface area contributed by atoms with Gasteiger partial charge in [0.25, 0.3) is 0 Å². The summed E-state index contributed by atoms with van der Waals surface area (Å²) >= 11 is 0. The van der Waals surface area contributed by atoms with Crippen LogP contribution >= 0.6 is 0 Å². The molecule has 1 aromatic carbocycles. The Bertz CT molecular complexity index is 729. The molecule has 22 heavy (non-hydrogen) atoms. The van der Waals surface area contributed by atoms with Gasteiger partial charge in [-0.15, -0.1) is 0 Å². The summed E-state index contributed by atoms with van der Waals surface area (Å²) in [6.45, 7) is 0. The number of hydrogen-bond acceptors (Lipinski definition) is 4. The number of sulfone groups is 1. The van der Waals surface area contributed by atoms with E-state index in [1.165, 1.54) is 4.90 Å². The number of carbonyl (C=O) groups is 2. The molecule has 0 radical (unpaired) electrons. The van der Waals surface area contributed by atoms with Crippen molar-refractivity contribution in [2.45, 2.75) is 24.8 Å². The molecule has 118 valence electrons. The van der Waals surface area contributed by atoms with Gasteiger partial charge in [-0.1, -0.05) is 18.2 Å². The number of likely N-dealkylation sites (N-methyl/N-ethyl adjacent to an activating group) is 1. The van der Waals surface area contributed by atoms with Gasteiger partial charge < -0.3 is 10.2 Å². The van der Waals surface area contributed by atoms with Crippen LogP contribution in [0.1, 0.15) is 24.3 Å². The molecule has 0 spiro atoms. The normalized spacial score (nSPS) is 26.1. The summed E-state index contributed by atoms with van der Waals surface area (Å²) in [7, 11) is -1.42. The SMILES string of the molecule is CN(C(=O)[C@@H]1CC(=O)Nc2ccccc21)[C@H]1CCS(=O)(=O)C1. The molecule has 2 aliphatic heterocycles. The summed E-state index contributed by atoms with van der Waals surface area (Å²) in [5, 5.41) is 2.76. The Morgan fingerprint density at radius 2 is 2.05 bits per heavy atom. The lowest BCUT2D eigenvalue weighted by Gasteiger charge is -2.31. The number of anilines is 1. The first kappa shape index (κ1) is 15.0. The van der Waals surface area contributed by atoms with E-state index in [2.05, 4.69) is 5.32 Å². The highest BCUT2D eigenvalue weighted by Crippen LogP contribution is 2.34. The van der Waals surface area contributed by atoms with Crippen LogP contribution in [0.2, 0.25) is 0 Å². The number of amides is 2. The number of carbonyl (C=O) groups excluding carboxylic acids is 2. The van der Waals surface area contributed by atoms with E-state index in [0.717, 1.165) is 5.56 Å². The van der Waals surface area contributed by atoms with Crippen LogP contribution in [-0.4, -0.2) is 49.7 Å². The molecule has 0 aromatic heterocycles. The van der Waals surface area contributed by atoms with Gasteiger partial charge in [-0.3, -0.25) is 9.59 Å². The molecule has 6 nitrogen and oxygen atoms in total. The molecule has 2 atom stereocenters. The number of fused-ring (bicyclic) bond motifs is 1. The number of benzene rings is 1. The number of hydrogen-bond donors (Lipinski definition) is 1. The first-order valence-corrected chi connectivity index (χ1v) is 9.05. The van der Waals surface area contributed by atoms with Crippen molar-refractivity contribution in [1.29, 1.82) is 0 Å². The standard InChI is InChI=1S/C15H18N2O4S/c1-17(10-6-7-22(20,21)9-10)15(19)12-8-14(18)16-13-5-3-2-4-11(12)13/h2-5,10,12H,6-9H2,1H3,(H,16,18)/t10-,12+/m0/s1. The maximum Gasteiger partial charge on any atom is 0.230 e. The summed E-state index contributed by atoms with van der Waals surface area (Å²) in [5.74, 6) is -0.792. The Labute approximate surface area is 129 Å². The third kappa shape index (κ3) is 2.72. The number of para-hydroxylation sites is 1. The molecule has 1 N–H and O–H groups in total. The highest BCUT2D eigenvalue weighted by Gasteiger charge is 2.38. The molecule has 2 aliphatic rings. The first-order valence-electron chi connectivity index (χ1n) is 7.23. The maximum absolute atomic E-state index is 12.8. The molecule has 0 saturated carbocycles. The zero-order chi connectivity index (χ0) is 15.9. The fourth-order valence-corrected chi connectivity index (χ4v) is 4.91. The fraction of sp³-hybridized carbons (Fsp3) is 0.467. The van der Waals surface area contributed by atoms with Gasteiger partial charge in [-0.2, -0.15) is 0 Å². The molecular weight excluding hydrogens is 304 g/mol. The van der Waals surface area contributed by atoms with Gasteiger partial charge in [0, 0.05) is 25.2 Å². The van der Waals surface area contributed by atoms with Crippen LogP contribution in [0.3, 0.4) is 0 Å². The van der Waals surface area contributed by atoms with E-state index in [0.29, 0.717) is 12.1 Å². The molecule has 2 heterocycles. The largest absolute Gasteiger partial charge is 0.341 e. The minimum atomic E-state index is -3.05. The Balaban J connectivity index is 1.85. The van der Waals surface area contributed by atoms with Gasteiger partial charge in [0.15, 0.2) is 9.84 Å². The Hall–Kier alpha value is -1.89. The zero-order valence-electron chi connectivity index (χ0n) is 12.3. The average Bonchev–Trinajstić information content (AvgIpc) is 2.85. The van der Waals surface area contributed by atoms with Crippen LogP contribution in [0.5, 0.6) is 0 Å². The molecule has 1 aromatic rings. The average molecular weight is 322 g/mol. The zero-order valence-corrected chi connectivity index (χ0v) is 13.1. The molecule has 7 heteroatoms. The van der Waals surface area contributed by atoms with Crippen LogP contribution in [0.25, 0.3) is 0 Å². The van der Waals surface area contributed by atoms with E-state index in [4.69, 9.17) is 0 Å². The number of nitrogens with one attached hydrogen (secondary N) is 1. The van der Waals surface area contributed by atoms with E-state index in [9.17, 15) is 18.0 Å². The number of rotatable bonds is 2. The van der Waals surface area contributed by atoms with Crippen LogP contribution in [-0.2, 0) is 19.4 Å². The van der Waals surface area contributed by atoms with Gasteiger partial charge in [0.05, 0.1) is 17.4 Å². The second-order valence-electron chi connectivity index (χ2n) is 5.90. The first-order chi connectivity index (χ1) is 10.4. The van der Waals surface area contributed by atoms with Crippen molar-refractivity contribution in [2.75, 3.05) is 23.9 Å². The van der Waals surface area contributed by atoms with Gasteiger partial charge in [-0.25, -0.2) is 8.42 Å². The highest BCUT2D eigenvalue weighted by molar-refractivity contribution is 7.91. The minimum absolute atomic E-state index is 0.00973. The van der Waals surface area contributed by atoms with E-state index < -0.39 is 15.8 Å². The smallest absolute Gasteiger partial charge is 0.230 e. The summed E-state index contributed by atoms with van der Waals surface area (Å²) in [6, 6.07) is 6.94. The topological polar surface area (TPSA) is 83.6 Å². The monoisotopic (exact) mass is 322 g/mol. The van der Waals surface area contributed by atoms with Crippen molar-refractivity contribution in [3.63, 3.8) is 0 Å². The molecule has 2 amide bonds. The van der Waals surface area contributed by atoms with Crippen molar-refractivity contribution in [2.24, 2.45) is 0 Å². The third-order valence-corrected chi connectivity index (χ3v) is 6.15. The molecule has 0 bridgehead atoms. The molecular formula is C15H18N2O4S. The van der Waals surface area contributed by atoms with Crippen LogP contribution in [0, 0.1) is 0 Å². The second-order valence-corrected chi connectivity index (χ2v) is 8.13. The van der Waals surface area contributed by atoms with Crippen molar-refractivity contribution in [1.82, 2.24) is 4.90 Å². The van der Waals surface area contributed by atoms with Gasteiger partial charge in [0.2, 0.25) is 11.8 Å². The summed E-state index contributed by atoms with van der Waals surface area (Å²) in [6.07, 6.45) is 0.560. The van der Waals surface area contributed by atoms with Gasteiger partial charge >= 0.3 is 0 Å². The summed E-state index contributed by atoms with van der Waals surface area (Å²) in [4.78, 5) is 26.1. The van der Waals surface area contributed by atoms with E-state index >= 15 is 0 Å². The lowest BCUT2D eigenvalue weighted by Crippen LogP contribution is -2.42. The second kappa shape index (κ2) is 5.39. The van der Waals surface area contributed by atoms with Crippen molar-refractivity contribution >= 4 is 27.3 Å². The summed E-state index contributed by atoms with van der Waals surface area (Å²) in [5.41, 5.74) is 1.45. The fourth-order valence-electron chi connectivity index (χ4n) is 3.14. The lowest BCUT2D eigenvalue weighted by molar-refractivity contribution is -0.135. The Kier molecular flexibility index (Phi) is 3.68. The quantitative estimate of drug-likeness (QED) is 0.871. The molecule has 3 rings (SSSR count). The third-order valence-electron chi connectivity index (χ3n) is 4.40. The predicted octanol–water partition coefficient (Wildman–Crippen LogP) is 0.758. The van der Waals surface area contributed by atoms with E-state index in [-0.39, 0.29) is 35.8 Å². The van der Waals surface area contributed by atoms with E-state index in [1.807, 2.05) is 12.1 Å². The highest BCUT2D eigenvalue weighted by atomic mass is 32.2. The van der Waals surface area contributed by atoms with Gasteiger partial charge in [0.1, 0.15) is 0 Å². The lowest BCUT2D eigenvalue weighted by atomic mass is 9.89. The van der Waals surface area contributed by atoms with E-state index in [1.54, 1.807) is 19.2 Å².